The van der Waals surface area contributed by atoms with E-state index in [1.807, 2.05) is 20.8 Å². The average molecular weight is 430 g/mol. The smallest absolute Gasteiger partial charge is 0.322 e. The van der Waals surface area contributed by atoms with Gasteiger partial charge in [-0.1, -0.05) is 34.1 Å². The summed E-state index contributed by atoms with van der Waals surface area (Å²) in [6.45, 7) is 6.75. The predicted molar refractivity (Wildman–Crippen MR) is 110 cm³/mol. The number of aliphatic carboxylic acids is 1. The zero-order valence-electron chi connectivity index (χ0n) is 18.1. The Hall–Kier alpha value is -2.69. The monoisotopic (exact) mass is 429 g/mol. The number of rotatable bonds is 14. The molecule has 30 heavy (non-hydrogen) atoms. The molecule has 4 atom stereocenters. The van der Waals surface area contributed by atoms with E-state index in [2.05, 4.69) is 16.0 Å². The van der Waals surface area contributed by atoms with Crippen molar-refractivity contribution in [1.82, 2.24) is 16.0 Å². The van der Waals surface area contributed by atoms with Crippen molar-refractivity contribution in [3.8, 4) is 0 Å². The number of carboxylic acid groups (broad SMARTS) is 1. The van der Waals surface area contributed by atoms with Gasteiger partial charge in [-0.3, -0.25) is 24.0 Å². The largest absolute Gasteiger partial charge is 0.480 e. The Kier molecular flexibility index (Phi) is 12.3. The Balaban J connectivity index is 5.27. The molecular formula is C19H35N5O6. The molecule has 0 heterocycles. The highest BCUT2D eigenvalue weighted by Gasteiger charge is 2.31. The number of carbonyl (C=O) groups is 5. The quantitative estimate of drug-likeness (QED) is 0.200. The van der Waals surface area contributed by atoms with Crippen molar-refractivity contribution in [2.45, 2.75) is 71.5 Å². The third-order valence-electron chi connectivity index (χ3n) is 4.59. The van der Waals surface area contributed by atoms with Gasteiger partial charge in [-0.15, -0.1) is 0 Å². The van der Waals surface area contributed by atoms with Gasteiger partial charge in [-0.05, 0) is 24.7 Å². The first kappa shape index (κ1) is 27.3. The Labute approximate surface area is 176 Å². The summed E-state index contributed by atoms with van der Waals surface area (Å²) in [6, 6.07) is -2.92. The van der Waals surface area contributed by atoms with Crippen LogP contribution in [0.1, 0.15) is 53.4 Å². The maximum Gasteiger partial charge on any atom is 0.322 e. The van der Waals surface area contributed by atoms with Gasteiger partial charge in [0.1, 0.15) is 18.6 Å². The first-order valence-electron chi connectivity index (χ1n) is 10.0. The maximum absolute atomic E-state index is 12.8. The van der Waals surface area contributed by atoms with Crippen molar-refractivity contribution in [3.05, 3.63) is 0 Å². The summed E-state index contributed by atoms with van der Waals surface area (Å²) in [5, 5.41) is 16.2. The number of hydrogen-bond acceptors (Lipinski definition) is 6. The molecule has 11 nitrogen and oxygen atoms in total. The fraction of sp³-hybridized carbons (Fsp3) is 0.737. The molecule has 0 aliphatic rings. The van der Waals surface area contributed by atoms with E-state index in [4.69, 9.17) is 16.6 Å². The number of nitrogens with two attached hydrogens (primary N) is 2. The van der Waals surface area contributed by atoms with Gasteiger partial charge in [-0.25, -0.2) is 0 Å². The second-order valence-corrected chi connectivity index (χ2v) is 7.79. The third kappa shape index (κ3) is 10.7. The molecule has 172 valence electrons. The third-order valence-corrected chi connectivity index (χ3v) is 4.59. The molecule has 4 unspecified atom stereocenters. The number of carboxylic acids is 1. The summed E-state index contributed by atoms with van der Waals surface area (Å²) in [5.74, 6) is -3.80. The van der Waals surface area contributed by atoms with Crippen molar-refractivity contribution in [3.63, 3.8) is 0 Å². The molecular weight excluding hydrogens is 394 g/mol. The van der Waals surface area contributed by atoms with E-state index >= 15 is 0 Å². The summed E-state index contributed by atoms with van der Waals surface area (Å²) in [4.78, 5) is 59.1. The predicted octanol–water partition coefficient (Wildman–Crippen LogP) is -1.16. The van der Waals surface area contributed by atoms with Crippen LogP contribution < -0.4 is 27.4 Å². The van der Waals surface area contributed by atoms with Gasteiger partial charge in [-0.2, -0.15) is 0 Å². The van der Waals surface area contributed by atoms with Crippen LogP contribution in [0.25, 0.3) is 0 Å². The molecule has 0 aliphatic heterocycles. The highest BCUT2D eigenvalue weighted by atomic mass is 16.4. The van der Waals surface area contributed by atoms with Crippen LogP contribution in [0, 0.1) is 11.8 Å². The summed E-state index contributed by atoms with van der Waals surface area (Å²) in [6.07, 6.45) is 0.842. The second kappa shape index (κ2) is 13.5. The minimum absolute atomic E-state index is 0.0459. The van der Waals surface area contributed by atoms with Crippen LogP contribution in [0.15, 0.2) is 0 Å². The minimum atomic E-state index is -1.20. The fourth-order valence-corrected chi connectivity index (χ4v) is 2.64. The highest BCUT2D eigenvalue weighted by molar-refractivity contribution is 5.93. The summed E-state index contributed by atoms with van der Waals surface area (Å²) < 4.78 is 0. The lowest BCUT2D eigenvalue weighted by molar-refractivity contribution is -0.139. The summed E-state index contributed by atoms with van der Waals surface area (Å²) in [7, 11) is 0. The molecule has 4 amide bonds. The molecule has 0 rings (SSSR count). The first-order chi connectivity index (χ1) is 13.9. The summed E-state index contributed by atoms with van der Waals surface area (Å²) in [5.41, 5.74) is 10.8. The molecule has 0 spiro atoms. The van der Waals surface area contributed by atoms with Crippen molar-refractivity contribution in [2.24, 2.45) is 23.3 Å². The number of hydrogen-bond donors (Lipinski definition) is 6. The van der Waals surface area contributed by atoms with Crippen LogP contribution in [-0.4, -0.2) is 59.4 Å². The van der Waals surface area contributed by atoms with Gasteiger partial charge in [0.25, 0.3) is 0 Å². The van der Waals surface area contributed by atoms with Gasteiger partial charge < -0.3 is 32.5 Å². The zero-order valence-corrected chi connectivity index (χ0v) is 18.1. The van der Waals surface area contributed by atoms with Crippen molar-refractivity contribution in [2.75, 3.05) is 6.54 Å². The minimum Gasteiger partial charge on any atom is -0.480 e. The fourth-order valence-electron chi connectivity index (χ4n) is 2.64. The van der Waals surface area contributed by atoms with E-state index in [1.54, 1.807) is 6.92 Å². The topological polar surface area (TPSA) is 194 Å². The van der Waals surface area contributed by atoms with E-state index in [9.17, 15) is 24.0 Å². The van der Waals surface area contributed by atoms with Gasteiger partial charge >= 0.3 is 5.97 Å². The van der Waals surface area contributed by atoms with E-state index in [0.29, 0.717) is 12.8 Å². The Morgan fingerprint density at radius 3 is 2.03 bits per heavy atom. The van der Waals surface area contributed by atoms with Crippen LogP contribution in [0.4, 0.5) is 0 Å². The van der Waals surface area contributed by atoms with E-state index in [1.165, 1.54) is 0 Å². The van der Waals surface area contributed by atoms with Crippen LogP contribution in [0.3, 0.4) is 0 Å². The Bertz CT molecular complexity index is 625. The molecule has 0 aromatic heterocycles. The molecule has 0 radical (unpaired) electrons. The number of nitrogens with one attached hydrogen (secondary N) is 3. The second-order valence-electron chi connectivity index (χ2n) is 7.79. The molecule has 11 heteroatoms. The standard InChI is InChI=1S/C19H35N5O6/c1-5-11(4)16(19(30)22-9-15(26)27)24-18(29)13(8-10(2)3)23-17(28)12(20)6-7-14(21)25/h10-13,16H,5-9,20H2,1-4H3,(H2,21,25)(H,22,30)(H,23,28)(H,24,29)(H,26,27). The molecule has 0 aliphatic carbocycles. The van der Waals surface area contributed by atoms with Crippen molar-refractivity contribution in [1.29, 1.82) is 0 Å². The number of carbonyl (C=O) groups excluding carboxylic acids is 4. The van der Waals surface area contributed by atoms with Gasteiger partial charge in [0, 0.05) is 6.42 Å². The lowest BCUT2D eigenvalue weighted by atomic mass is 9.96. The van der Waals surface area contributed by atoms with Crippen LogP contribution in [-0.2, 0) is 24.0 Å². The molecule has 0 bridgehead atoms. The van der Waals surface area contributed by atoms with Gasteiger partial charge in [0.2, 0.25) is 23.6 Å². The van der Waals surface area contributed by atoms with E-state index in [0.717, 1.165) is 0 Å². The van der Waals surface area contributed by atoms with E-state index in [-0.39, 0.29) is 24.7 Å². The maximum atomic E-state index is 12.8. The molecule has 0 aromatic carbocycles. The highest BCUT2D eigenvalue weighted by Crippen LogP contribution is 2.11. The molecule has 0 fully saturated rings. The number of primary amides is 1. The molecule has 0 saturated carbocycles. The zero-order chi connectivity index (χ0) is 23.4. The van der Waals surface area contributed by atoms with Crippen LogP contribution in [0.2, 0.25) is 0 Å². The molecule has 0 saturated heterocycles. The normalized spacial score (nSPS) is 14.9. The SMILES string of the molecule is CCC(C)C(NC(=O)C(CC(C)C)NC(=O)C(N)CCC(N)=O)C(=O)NCC(=O)O. The van der Waals surface area contributed by atoms with Crippen molar-refractivity contribution >= 4 is 29.6 Å². The van der Waals surface area contributed by atoms with Crippen LogP contribution >= 0.6 is 0 Å². The van der Waals surface area contributed by atoms with Gasteiger partial charge in [0.05, 0.1) is 6.04 Å². The summed E-state index contributed by atoms with van der Waals surface area (Å²) >= 11 is 0. The average Bonchev–Trinajstić information content (AvgIpc) is 2.66. The Morgan fingerprint density at radius 1 is 0.967 bits per heavy atom. The van der Waals surface area contributed by atoms with Crippen molar-refractivity contribution < 1.29 is 29.1 Å². The van der Waals surface area contributed by atoms with Crippen LogP contribution in [0.5, 0.6) is 0 Å². The molecule has 8 N–H and O–H groups in total. The molecule has 0 aromatic rings. The number of amides is 4. The first-order valence-corrected chi connectivity index (χ1v) is 10.0. The lowest BCUT2D eigenvalue weighted by Gasteiger charge is -2.27. The van der Waals surface area contributed by atoms with E-state index < -0.39 is 54.3 Å². The Morgan fingerprint density at radius 2 is 1.57 bits per heavy atom. The van der Waals surface area contributed by atoms with Gasteiger partial charge in [0.15, 0.2) is 0 Å². The lowest BCUT2D eigenvalue weighted by Crippen LogP contribution is -2.57.